The molecule has 0 saturated heterocycles. The molecule has 2 amide bonds. The summed E-state index contributed by atoms with van der Waals surface area (Å²) in [5, 5.41) is 12.1. The summed E-state index contributed by atoms with van der Waals surface area (Å²) in [6.45, 7) is 4.93. The number of likely N-dealkylation sites (N-methyl/N-ethyl adjacent to an activating group) is 1. The maximum Gasteiger partial charge on any atom is 0.321 e. The molecular weight excluding hydrogens is 492 g/mol. The quantitative estimate of drug-likeness (QED) is 0.598. The number of carbonyl (C=O) groups is 1. The number of hydrogen-bond donors (Lipinski definition) is 2. The first-order valence-corrected chi connectivity index (χ1v) is 12.9. The lowest BCUT2D eigenvalue weighted by Gasteiger charge is -2.37. The van der Waals surface area contributed by atoms with Crippen molar-refractivity contribution in [3.05, 3.63) is 59.7 Å². The molecule has 3 rings (SSSR count). The van der Waals surface area contributed by atoms with Gasteiger partial charge in [-0.05, 0) is 43.7 Å². The largest absolute Gasteiger partial charge is 0.487 e. The summed E-state index contributed by atoms with van der Waals surface area (Å²) in [5.41, 5.74) is 0.432. The second-order valence-corrected chi connectivity index (χ2v) is 10.7. The third-order valence-corrected chi connectivity index (χ3v) is 8.04. The van der Waals surface area contributed by atoms with Crippen LogP contribution in [0.1, 0.15) is 26.3 Å². The van der Waals surface area contributed by atoms with Crippen LogP contribution in [0, 0.1) is 17.6 Å². The molecule has 0 fully saturated rings. The Labute approximate surface area is 210 Å². The molecule has 36 heavy (non-hydrogen) atoms. The number of benzene rings is 2. The second kappa shape index (κ2) is 11.4. The Morgan fingerprint density at radius 1 is 1.31 bits per heavy atom. The Balaban J connectivity index is 1.94. The standard InChI is InChI=1S/C25H31F2N3O5S/c1-5-6-18-7-10-24-22(11-18)35-23(16(2)13-30(17(3)15-31)36(24,33)34)14-29(4)25(32)28-21-12-19(26)8-9-20(21)27/h5-12,16-17,23,31H,13-15H2,1-4H3,(H,28,32)/b6-5+/t16-,17+,23+/m1/s1. The molecule has 0 aliphatic carbocycles. The van der Waals surface area contributed by atoms with E-state index in [1.165, 1.54) is 22.3 Å². The van der Waals surface area contributed by atoms with Gasteiger partial charge in [-0.15, -0.1) is 0 Å². The smallest absolute Gasteiger partial charge is 0.321 e. The third kappa shape index (κ3) is 6.03. The molecule has 2 aromatic rings. The zero-order valence-corrected chi connectivity index (χ0v) is 21.4. The van der Waals surface area contributed by atoms with Gasteiger partial charge in [0.05, 0.1) is 18.8 Å². The Morgan fingerprint density at radius 3 is 2.69 bits per heavy atom. The van der Waals surface area contributed by atoms with Crippen molar-refractivity contribution in [2.45, 2.75) is 37.8 Å². The number of amides is 2. The monoisotopic (exact) mass is 523 g/mol. The summed E-state index contributed by atoms with van der Waals surface area (Å²) in [5.74, 6) is -1.74. The number of aliphatic hydroxyl groups excluding tert-OH is 1. The van der Waals surface area contributed by atoms with Gasteiger partial charge in [0.2, 0.25) is 10.0 Å². The first-order chi connectivity index (χ1) is 17.0. The van der Waals surface area contributed by atoms with Crippen molar-refractivity contribution >= 4 is 27.8 Å². The summed E-state index contributed by atoms with van der Waals surface area (Å²) >= 11 is 0. The van der Waals surface area contributed by atoms with Gasteiger partial charge < -0.3 is 20.1 Å². The van der Waals surface area contributed by atoms with Gasteiger partial charge in [-0.1, -0.05) is 25.1 Å². The van der Waals surface area contributed by atoms with E-state index in [9.17, 15) is 27.1 Å². The molecule has 8 nitrogen and oxygen atoms in total. The van der Waals surface area contributed by atoms with E-state index in [0.29, 0.717) is 0 Å². The highest BCUT2D eigenvalue weighted by atomic mass is 32.2. The van der Waals surface area contributed by atoms with Crippen molar-refractivity contribution in [2.75, 3.05) is 32.1 Å². The van der Waals surface area contributed by atoms with Crippen LogP contribution in [0.25, 0.3) is 6.08 Å². The number of halogens is 2. The van der Waals surface area contributed by atoms with Crippen molar-refractivity contribution in [1.82, 2.24) is 9.21 Å². The fourth-order valence-electron chi connectivity index (χ4n) is 3.91. The molecule has 1 heterocycles. The Morgan fingerprint density at radius 2 is 2.03 bits per heavy atom. The van der Waals surface area contributed by atoms with Crippen molar-refractivity contribution in [3.63, 3.8) is 0 Å². The number of nitrogens with one attached hydrogen (secondary N) is 1. The Kier molecular flexibility index (Phi) is 8.70. The molecule has 3 atom stereocenters. The first kappa shape index (κ1) is 27.6. The predicted octanol–water partition coefficient (Wildman–Crippen LogP) is 3.93. The van der Waals surface area contributed by atoms with E-state index in [1.54, 1.807) is 32.1 Å². The number of urea groups is 1. The number of rotatable bonds is 6. The minimum absolute atomic E-state index is 0.0264. The summed E-state index contributed by atoms with van der Waals surface area (Å²) < 4.78 is 61.9. The Hall–Kier alpha value is -3.02. The van der Waals surface area contributed by atoms with Crippen LogP contribution in [0.2, 0.25) is 0 Å². The molecule has 0 aromatic heterocycles. The lowest BCUT2D eigenvalue weighted by molar-refractivity contribution is 0.0830. The number of aliphatic hydroxyl groups is 1. The van der Waals surface area contributed by atoms with Crippen molar-refractivity contribution < 1.29 is 31.8 Å². The van der Waals surface area contributed by atoms with Gasteiger partial charge in [0.15, 0.2) is 0 Å². The summed E-state index contributed by atoms with van der Waals surface area (Å²) in [6, 6.07) is 6.12. The van der Waals surface area contributed by atoms with Crippen LogP contribution in [0.3, 0.4) is 0 Å². The Bertz CT molecular complexity index is 1240. The average molecular weight is 524 g/mol. The van der Waals surface area contributed by atoms with Gasteiger partial charge in [-0.25, -0.2) is 22.0 Å². The molecule has 0 bridgehead atoms. The topological polar surface area (TPSA) is 99.2 Å². The lowest BCUT2D eigenvalue weighted by atomic mass is 10.0. The van der Waals surface area contributed by atoms with Crippen LogP contribution < -0.4 is 10.1 Å². The number of carbonyl (C=O) groups excluding carboxylic acids is 1. The van der Waals surface area contributed by atoms with Crippen LogP contribution >= 0.6 is 0 Å². The molecule has 2 aromatic carbocycles. The van der Waals surface area contributed by atoms with Crippen LogP contribution in [-0.4, -0.2) is 67.7 Å². The molecule has 196 valence electrons. The summed E-state index contributed by atoms with van der Waals surface area (Å²) in [4.78, 5) is 14.0. The van der Waals surface area contributed by atoms with Crippen LogP contribution in [0.4, 0.5) is 19.3 Å². The van der Waals surface area contributed by atoms with Gasteiger partial charge in [0, 0.05) is 31.6 Å². The van der Waals surface area contributed by atoms with Gasteiger partial charge >= 0.3 is 6.03 Å². The van der Waals surface area contributed by atoms with Crippen molar-refractivity contribution in [2.24, 2.45) is 5.92 Å². The summed E-state index contributed by atoms with van der Waals surface area (Å²) in [6.07, 6.45) is 2.96. The second-order valence-electron chi connectivity index (χ2n) is 8.88. The number of fused-ring (bicyclic) bond motifs is 1. The molecule has 1 aliphatic rings. The van der Waals surface area contributed by atoms with E-state index in [2.05, 4.69) is 5.32 Å². The molecule has 0 spiro atoms. The van der Waals surface area contributed by atoms with Crippen LogP contribution in [0.15, 0.2) is 47.4 Å². The van der Waals surface area contributed by atoms with E-state index < -0.39 is 45.8 Å². The zero-order chi connectivity index (χ0) is 26.6. The molecule has 1 aliphatic heterocycles. The van der Waals surface area contributed by atoms with Gasteiger partial charge in [-0.3, -0.25) is 0 Å². The third-order valence-electron chi connectivity index (χ3n) is 6.02. The van der Waals surface area contributed by atoms with E-state index in [1.807, 2.05) is 13.0 Å². The maximum absolute atomic E-state index is 14.0. The number of anilines is 1. The molecule has 11 heteroatoms. The molecule has 0 unspecified atom stereocenters. The predicted molar refractivity (Wildman–Crippen MR) is 133 cm³/mol. The van der Waals surface area contributed by atoms with Crippen LogP contribution in [0.5, 0.6) is 5.75 Å². The highest BCUT2D eigenvalue weighted by Gasteiger charge is 2.38. The fourth-order valence-corrected chi connectivity index (χ4v) is 5.74. The van der Waals surface area contributed by atoms with E-state index in [0.717, 1.165) is 23.8 Å². The number of ether oxygens (including phenoxy) is 1. The van der Waals surface area contributed by atoms with Crippen molar-refractivity contribution in [3.8, 4) is 5.75 Å². The SMILES string of the molecule is C/C=C/c1ccc2c(c1)O[C@@H](CN(C)C(=O)Nc1cc(F)ccc1F)[C@H](C)CN([C@@H](C)CO)S2(=O)=O. The molecule has 2 N–H and O–H groups in total. The van der Waals surface area contributed by atoms with E-state index in [-0.39, 0.29) is 36.0 Å². The lowest BCUT2D eigenvalue weighted by Crippen LogP contribution is -2.50. The number of hydrogen-bond acceptors (Lipinski definition) is 5. The number of nitrogens with zero attached hydrogens (tertiary/aromatic N) is 2. The normalized spacial score (nSPS) is 20.6. The highest BCUT2D eigenvalue weighted by Crippen LogP contribution is 2.34. The maximum atomic E-state index is 14.0. The van der Waals surface area contributed by atoms with Gasteiger partial charge in [0.25, 0.3) is 0 Å². The first-order valence-electron chi connectivity index (χ1n) is 11.5. The van der Waals surface area contributed by atoms with Crippen molar-refractivity contribution in [1.29, 1.82) is 0 Å². The van der Waals surface area contributed by atoms with Crippen LogP contribution in [-0.2, 0) is 10.0 Å². The highest BCUT2D eigenvalue weighted by molar-refractivity contribution is 7.89. The molecular formula is C25H31F2N3O5S. The molecule has 0 radical (unpaired) electrons. The van der Waals surface area contributed by atoms with E-state index >= 15 is 0 Å². The minimum Gasteiger partial charge on any atom is -0.487 e. The minimum atomic E-state index is -3.98. The number of allylic oxidation sites excluding steroid dienone is 1. The summed E-state index contributed by atoms with van der Waals surface area (Å²) in [7, 11) is -2.51. The molecule has 0 saturated carbocycles. The average Bonchev–Trinajstić information content (AvgIpc) is 2.83. The zero-order valence-electron chi connectivity index (χ0n) is 20.6. The number of sulfonamides is 1. The van der Waals surface area contributed by atoms with E-state index in [4.69, 9.17) is 4.74 Å². The van der Waals surface area contributed by atoms with Gasteiger partial charge in [0.1, 0.15) is 28.4 Å². The van der Waals surface area contributed by atoms with Gasteiger partial charge in [-0.2, -0.15) is 4.31 Å². The fraction of sp³-hybridized carbons (Fsp3) is 0.400.